The van der Waals surface area contributed by atoms with Crippen LogP contribution in [0.2, 0.25) is 0 Å². The van der Waals surface area contributed by atoms with Crippen molar-refractivity contribution in [1.29, 1.82) is 0 Å². The Balaban J connectivity index is 2.53. The highest BCUT2D eigenvalue weighted by atomic mass is 19.4. The Hall–Kier alpha value is -1.15. The minimum Gasteiger partial charge on any atom is -0.382 e. The van der Waals surface area contributed by atoms with Crippen LogP contribution < -0.4 is 5.73 Å². The third-order valence-electron chi connectivity index (χ3n) is 1.62. The summed E-state index contributed by atoms with van der Waals surface area (Å²) in [6.07, 6.45) is -6.78. The molecule has 1 atom stereocenters. The first-order valence-electron chi connectivity index (χ1n) is 4.19. The van der Waals surface area contributed by atoms with E-state index >= 15 is 0 Å². The Kier molecular flexibility index (Phi) is 3.64. The average Bonchev–Trinajstić information content (AvgIpc) is 2.61. The lowest BCUT2D eigenvalue weighted by Gasteiger charge is -2.02. The molecule has 0 bridgehead atoms. The highest BCUT2D eigenvalue weighted by Crippen LogP contribution is 2.21. The van der Waals surface area contributed by atoms with Crippen LogP contribution >= 0.6 is 0 Å². The van der Waals surface area contributed by atoms with Crippen molar-refractivity contribution in [2.24, 2.45) is 5.73 Å². The third-order valence-corrected chi connectivity index (χ3v) is 1.62. The molecule has 0 spiro atoms. The van der Waals surface area contributed by atoms with E-state index in [2.05, 4.69) is 14.7 Å². The van der Waals surface area contributed by atoms with Gasteiger partial charge < -0.3 is 15.4 Å². The molecule has 1 aromatic rings. The van der Waals surface area contributed by atoms with Crippen molar-refractivity contribution in [2.75, 3.05) is 6.54 Å². The number of aryl methyl sites for hydroxylation is 1. The summed E-state index contributed by atoms with van der Waals surface area (Å²) in [6.45, 7) is -0.124. The fraction of sp³-hybridized carbons (Fsp3) is 0.714. The quantitative estimate of drug-likeness (QED) is 0.781. The van der Waals surface area contributed by atoms with Gasteiger partial charge in [-0.3, -0.25) is 0 Å². The lowest BCUT2D eigenvalue weighted by Crippen LogP contribution is -2.12. The maximum absolute atomic E-state index is 11.8. The predicted octanol–water partition coefficient (Wildman–Crippen LogP) is 0.557. The standard InChI is InChI=1S/C7H10F3N3O2/c8-7(9,10)2-1-5-12-6(15-13-5)4(14)3-11/h4,14H,1-3,11H2/t4-/m0/s1. The fourth-order valence-corrected chi connectivity index (χ4v) is 0.859. The van der Waals surface area contributed by atoms with Crippen molar-refractivity contribution in [3.05, 3.63) is 11.7 Å². The molecular weight excluding hydrogens is 215 g/mol. The predicted molar refractivity (Wildman–Crippen MR) is 42.7 cm³/mol. The number of nitrogens with zero attached hydrogens (tertiary/aromatic N) is 2. The molecule has 1 rings (SSSR count). The van der Waals surface area contributed by atoms with E-state index in [9.17, 15) is 13.2 Å². The summed E-state index contributed by atoms with van der Waals surface area (Å²) in [4.78, 5) is 3.58. The highest BCUT2D eigenvalue weighted by Gasteiger charge is 2.27. The van der Waals surface area contributed by atoms with Gasteiger partial charge in [0.15, 0.2) is 5.82 Å². The molecule has 0 unspecified atom stereocenters. The van der Waals surface area contributed by atoms with Gasteiger partial charge in [0.25, 0.3) is 5.89 Å². The molecule has 15 heavy (non-hydrogen) atoms. The number of hydrogen-bond donors (Lipinski definition) is 2. The molecule has 3 N–H and O–H groups in total. The zero-order valence-corrected chi connectivity index (χ0v) is 7.66. The van der Waals surface area contributed by atoms with E-state index in [0.717, 1.165) is 0 Å². The summed E-state index contributed by atoms with van der Waals surface area (Å²) in [5, 5.41) is 12.4. The molecule has 0 aliphatic carbocycles. The van der Waals surface area contributed by atoms with Crippen molar-refractivity contribution in [2.45, 2.75) is 25.1 Å². The monoisotopic (exact) mass is 225 g/mol. The maximum Gasteiger partial charge on any atom is 0.389 e. The van der Waals surface area contributed by atoms with E-state index in [1.54, 1.807) is 0 Å². The number of alkyl halides is 3. The molecule has 1 heterocycles. The van der Waals surface area contributed by atoms with Crippen molar-refractivity contribution < 1.29 is 22.8 Å². The first-order valence-corrected chi connectivity index (χ1v) is 4.19. The molecule has 0 fully saturated rings. The molecular formula is C7H10F3N3O2. The van der Waals surface area contributed by atoms with Crippen molar-refractivity contribution >= 4 is 0 Å². The van der Waals surface area contributed by atoms with E-state index in [1.165, 1.54) is 0 Å². The van der Waals surface area contributed by atoms with Crippen LogP contribution in [0.15, 0.2) is 4.52 Å². The Morgan fingerprint density at radius 2 is 2.13 bits per heavy atom. The molecule has 0 radical (unpaired) electrons. The largest absolute Gasteiger partial charge is 0.389 e. The summed E-state index contributed by atoms with van der Waals surface area (Å²) in [7, 11) is 0. The summed E-state index contributed by atoms with van der Waals surface area (Å²) >= 11 is 0. The third kappa shape index (κ3) is 3.84. The lowest BCUT2D eigenvalue weighted by molar-refractivity contribution is -0.134. The fourth-order valence-electron chi connectivity index (χ4n) is 0.859. The summed E-state index contributed by atoms with van der Waals surface area (Å²) < 4.78 is 40.0. The zero-order chi connectivity index (χ0) is 11.5. The molecule has 0 aliphatic heterocycles. The van der Waals surface area contributed by atoms with E-state index in [0.29, 0.717) is 0 Å². The van der Waals surface area contributed by atoms with Gasteiger partial charge in [0.2, 0.25) is 0 Å². The number of aromatic nitrogens is 2. The van der Waals surface area contributed by atoms with Crippen molar-refractivity contribution in [1.82, 2.24) is 10.1 Å². The van der Waals surface area contributed by atoms with Crippen LogP contribution in [0.5, 0.6) is 0 Å². The number of hydrogen-bond acceptors (Lipinski definition) is 5. The van der Waals surface area contributed by atoms with Crippen LogP contribution in [0.1, 0.15) is 24.2 Å². The first-order chi connectivity index (χ1) is 6.92. The van der Waals surface area contributed by atoms with Crippen LogP contribution in [0.3, 0.4) is 0 Å². The minimum absolute atomic E-state index is 0.0881. The molecule has 0 saturated carbocycles. The van der Waals surface area contributed by atoms with Crippen LogP contribution in [-0.2, 0) is 6.42 Å². The number of aliphatic hydroxyl groups is 1. The molecule has 0 saturated heterocycles. The SMILES string of the molecule is NC[C@H](O)c1nc(CCC(F)(F)F)no1. The highest BCUT2D eigenvalue weighted by molar-refractivity contribution is 4.90. The molecule has 5 nitrogen and oxygen atoms in total. The van der Waals surface area contributed by atoms with Crippen LogP contribution in [0.4, 0.5) is 13.2 Å². The number of halogens is 3. The van der Waals surface area contributed by atoms with Crippen LogP contribution in [-0.4, -0.2) is 28.0 Å². The summed E-state index contributed by atoms with van der Waals surface area (Å²) in [6, 6.07) is 0. The Labute approximate surface area is 83.1 Å². The van der Waals surface area contributed by atoms with Gasteiger partial charge in [0.05, 0.1) is 6.42 Å². The second-order valence-corrected chi connectivity index (χ2v) is 2.92. The van der Waals surface area contributed by atoms with Gasteiger partial charge in [-0.2, -0.15) is 18.2 Å². The minimum atomic E-state index is -4.26. The number of rotatable bonds is 4. The summed E-state index contributed by atoms with van der Waals surface area (Å²) in [5.74, 6) is -0.246. The van der Waals surface area contributed by atoms with Crippen molar-refractivity contribution in [3.8, 4) is 0 Å². The van der Waals surface area contributed by atoms with Gasteiger partial charge in [-0.15, -0.1) is 0 Å². The Bertz CT molecular complexity index is 313. The molecule has 0 aromatic carbocycles. The van der Waals surface area contributed by atoms with Gasteiger partial charge in [-0.05, 0) is 0 Å². The molecule has 8 heteroatoms. The molecule has 86 valence electrons. The zero-order valence-electron chi connectivity index (χ0n) is 7.66. The van der Waals surface area contributed by atoms with Gasteiger partial charge in [-0.1, -0.05) is 5.16 Å². The molecule has 1 aromatic heterocycles. The second-order valence-electron chi connectivity index (χ2n) is 2.92. The van der Waals surface area contributed by atoms with Gasteiger partial charge in [0.1, 0.15) is 6.10 Å². The Morgan fingerprint density at radius 3 is 2.67 bits per heavy atom. The van der Waals surface area contributed by atoms with Crippen LogP contribution in [0.25, 0.3) is 0 Å². The second kappa shape index (κ2) is 4.58. The lowest BCUT2D eigenvalue weighted by atomic mass is 10.3. The van der Waals surface area contributed by atoms with Gasteiger partial charge in [0, 0.05) is 13.0 Å². The van der Waals surface area contributed by atoms with E-state index in [4.69, 9.17) is 10.8 Å². The van der Waals surface area contributed by atoms with E-state index < -0.39 is 18.7 Å². The molecule has 0 aliphatic rings. The maximum atomic E-state index is 11.8. The molecule has 0 amide bonds. The van der Waals surface area contributed by atoms with E-state index in [1.807, 2.05) is 0 Å². The van der Waals surface area contributed by atoms with Gasteiger partial charge >= 0.3 is 6.18 Å². The smallest absolute Gasteiger partial charge is 0.382 e. The summed E-state index contributed by atoms with van der Waals surface area (Å²) in [5.41, 5.74) is 5.10. The average molecular weight is 225 g/mol. The topological polar surface area (TPSA) is 85.2 Å². The van der Waals surface area contributed by atoms with Crippen LogP contribution in [0, 0.1) is 0 Å². The number of aliphatic hydroxyl groups excluding tert-OH is 1. The van der Waals surface area contributed by atoms with Crippen molar-refractivity contribution in [3.63, 3.8) is 0 Å². The normalized spacial score (nSPS) is 14.2. The number of nitrogens with two attached hydrogens (primary N) is 1. The first kappa shape index (κ1) is 11.9. The Morgan fingerprint density at radius 1 is 1.47 bits per heavy atom. The van der Waals surface area contributed by atoms with Gasteiger partial charge in [-0.25, -0.2) is 0 Å². The van der Waals surface area contributed by atoms with E-state index in [-0.39, 0.29) is 24.7 Å².